The summed E-state index contributed by atoms with van der Waals surface area (Å²) in [6.07, 6.45) is 0. The average Bonchev–Trinajstić information content (AvgIpc) is 2.88. The fraction of sp³-hybridized carbons (Fsp3) is 0. The van der Waals surface area contributed by atoms with Crippen molar-refractivity contribution < 1.29 is 0 Å². The second kappa shape index (κ2) is 4.36. The molecule has 0 saturated carbocycles. The Morgan fingerprint density at radius 1 is 0.750 bits per heavy atom. The van der Waals surface area contributed by atoms with Gasteiger partial charge in [-0.1, -0.05) is 54.6 Å². The topological polar surface area (TPSA) is 26.0 Å². The van der Waals surface area contributed by atoms with Crippen molar-refractivity contribution in [3.8, 4) is 11.1 Å². The van der Waals surface area contributed by atoms with E-state index in [0.717, 1.165) is 5.69 Å². The molecular weight excluding hydrogens is 262 g/mol. The monoisotopic (exact) mass is 275 g/mol. The van der Waals surface area contributed by atoms with Crippen LogP contribution in [0.3, 0.4) is 0 Å². The van der Waals surface area contributed by atoms with E-state index in [2.05, 4.69) is 48.5 Å². The summed E-state index contributed by atoms with van der Waals surface area (Å²) < 4.78 is 2.48. The van der Waals surface area contributed by atoms with Crippen molar-refractivity contribution in [1.29, 1.82) is 0 Å². The molecule has 2 N–H and O–H groups in total. The van der Waals surface area contributed by atoms with Gasteiger partial charge in [0.2, 0.25) is 0 Å². The van der Waals surface area contributed by atoms with E-state index >= 15 is 0 Å². The number of hydrogen-bond donors (Lipinski definition) is 1. The second-order valence-corrected chi connectivity index (χ2v) is 5.92. The van der Waals surface area contributed by atoms with Gasteiger partial charge in [-0.3, -0.25) is 0 Å². The van der Waals surface area contributed by atoms with Gasteiger partial charge in [-0.25, -0.2) is 0 Å². The van der Waals surface area contributed by atoms with Gasteiger partial charge in [0.1, 0.15) is 0 Å². The minimum Gasteiger partial charge on any atom is -0.398 e. The number of fused-ring (bicyclic) bond motifs is 3. The predicted molar refractivity (Wildman–Crippen MR) is 89.2 cm³/mol. The summed E-state index contributed by atoms with van der Waals surface area (Å²) in [4.78, 5) is 0. The normalized spacial score (nSPS) is 11.2. The van der Waals surface area contributed by atoms with Crippen LogP contribution < -0.4 is 5.73 Å². The van der Waals surface area contributed by atoms with Crippen LogP contribution in [0.4, 0.5) is 5.69 Å². The molecule has 4 aromatic rings. The summed E-state index contributed by atoms with van der Waals surface area (Å²) in [5, 5.41) is 2.57. The first-order valence-corrected chi connectivity index (χ1v) is 7.41. The van der Waals surface area contributed by atoms with Crippen LogP contribution in [0.15, 0.2) is 66.7 Å². The molecule has 0 fully saturated rings. The Morgan fingerprint density at radius 2 is 1.55 bits per heavy atom. The Bertz CT molecular complexity index is 907. The van der Waals surface area contributed by atoms with Crippen molar-refractivity contribution in [2.75, 3.05) is 5.73 Å². The number of nitrogen functional groups attached to an aromatic ring is 1. The SMILES string of the molecule is Nc1cccc2c1sc1cccc(-c3ccccc3)c12. The molecule has 3 aromatic carbocycles. The minimum atomic E-state index is 0.864. The van der Waals surface area contributed by atoms with Gasteiger partial charge in [-0.15, -0.1) is 11.3 Å². The van der Waals surface area contributed by atoms with Gasteiger partial charge in [-0.05, 0) is 23.3 Å². The third-order valence-corrected chi connectivity index (χ3v) is 4.86. The van der Waals surface area contributed by atoms with Crippen LogP contribution in [-0.4, -0.2) is 0 Å². The zero-order valence-electron chi connectivity index (χ0n) is 10.8. The van der Waals surface area contributed by atoms with E-state index in [0.29, 0.717) is 0 Å². The zero-order valence-corrected chi connectivity index (χ0v) is 11.7. The molecule has 0 atom stereocenters. The number of rotatable bonds is 1. The predicted octanol–water partition coefficient (Wildman–Crippen LogP) is 5.30. The van der Waals surface area contributed by atoms with Crippen molar-refractivity contribution in [3.05, 3.63) is 66.7 Å². The van der Waals surface area contributed by atoms with E-state index in [4.69, 9.17) is 5.73 Å². The summed E-state index contributed by atoms with van der Waals surface area (Å²) in [5.41, 5.74) is 9.51. The molecule has 0 unspecified atom stereocenters. The van der Waals surface area contributed by atoms with Gasteiger partial charge in [0.05, 0.1) is 4.70 Å². The molecule has 0 spiro atoms. The lowest BCUT2D eigenvalue weighted by atomic mass is 9.99. The maximum atomic E-state index is 6.12. The molecule has 0 aliphatic carbocycles. The van der Waals surface area contributed by atoms with Crippen LogP contribution >= 0.6 is 11.3 Å². The van der Waals surface area contributed by atoms with Crippen molar-refractivity contribution in [1.82, 2.24) is 0 Å². The van der Waals surface area contributed by atoms with E-state index in [9.17, 15) is 0 Å². The molecule has 2 heteroatoms. The third-order valence-electron chi connectivity index (χ3n) is 3.64. The van der Waals surface area contributed by atoms with E-state index < -0.39 is 0 Å². The molecule has 96 valence electrons. The van der Waals surface area contributed by atoms with E-state index in [-0.39, 0.29) is 0 Å². The molecule has 1 nitrogen and oxygen atoms in total. The Kier molecular flexibility index (Phi) is 2.51. The van der Waals surface area contributed by atoms with Gasteiger partial charge >= 0.3 is 0 Å². The van der Waals surface area contributed by atoms with Crippen LogP contribution in [0.1, 0.15) is 0 Å². The quantitative estimate of drug-likeness (QED) is 0.468. The van der Waals surface area contributed by atoms with Crippen molar-refractivity contribution in [2.45, 2.75) is 0 Å². The summed E-state index contributed by atoms with van der Waals surface area (Å²) in [6, 6.07) is 23.2. The lowest BCUT2D eigenvalue weighted by Gasteiger charge is -2.04. The Labute approximate surface area is 121 Å². The van der Waals surface area contributed by atoms with Gasteiger partial charge in [0, 0.05) is 21.2 Å². The molecule has 1 heterocycles. The molecule has 0 amide bonds. The van der Waals surface area contributed by atoms with E-state index in [1.807, 2.05) is 18.2 Å². The van der Waals surface area contributed by atoms with Crippen molar-refractivity contribution in [3.63, 3.8) is 0 Å². The van der Waals surface area contributed by atoms with Gasteiger partial charge in [-0.2, -0.15) is 0 Å². The fourth-order valence-electron chi connectivity index (χ4n) is 2.73. The zero-order chi connectivity index (χ0) is 13.5. The second-order valence-electron chi connectivity index (χ2n) is 4.87. The van der Waals surface area contributed by atoms with Crippen LogP contribution in [-0.2, 0) is 0 Å². The summed E-state index contributed by atoms with van der Waals surface area (Å²) in [7, 11) is 0. The number of thiophene rings is 1. The summed E-state index contributed by atoms with van der Waals surface area (Å²) >= 11 is 1.77. The highest BCUT2D eigenvalue weighted by atomic mass is 32.1. The number of benzene rings is 3. The molecule has 4 rings (SSSR count). The highest BCUT2D eigenvalue weighted by molar-refractivity contribution is 7.26. The molecular formula is C18H13NS. The van der Waals surface area contributed by atoms with Crippen LogP contribution in [0.5, 0.6) is 0 Å². The van der Waals surface area contributed by atoms with Gasteiger partial charge in [0.15, 0.2) is 0 Å². The summed E-state index contributed by atoms with van der Waals surface area (Å²) in [5.74, 6) is 0. The molecule has 20 heavy (non-hydrogen) atoms. The molecule has 0 saturated heterocycles. The van der Waals surface area contributed by atoms with Gasteiger partial charge < -0.3 is 5.73 Å². The Morgan fingerprint density at radius 3 is 2.40 bits per heavy atom. The molecule has 0 aliphatic heterocycles. The average molecular weight is 275 g/mol. The van der Waals surface area contributed by atoms with E-state index in [1.54, 1.807) is 11.3 Å². The maximum Gasteiger partial charge on any atom is 0.0585 e. The molecule has 1 aromatic heterocycles. The van der Waals surface area contributed by atoms with Crippen LogP contribution in [0.25, 0.3) is 31.3 Å². The highest BCUT2D eigenvalue weighted by Gasteiger charge is 2.11. The first-order chi connectivity index (χ1) is 9.84. The minimum absolute atomic E-state index is 0.864. The standard InChI is InChI=1S/C18H13NS/c19-15-10-4-9-14-17-13(12-6-2-1-3-7-12)8-5-11-16(17)20-18(14)15/h1-11H,19H2. The lowest BCUT2D eigenvalue weighted by molar-refractivity contribution is 1.67. The Hall–Kier alpha value is -2.32. The maximum absolute atomic E-state index is 6.12. The highest BCUT2D eigenvalue weighted by Crippen LogP contribution is 2.41. The first kappa shape index (κ1) is 11.5. The number of hydrogen-bond acceptors (Lipinski definition) is 2. The molecule has 0 bridgehead atoms. The van der Waals surface area contributed by atoms with E-state index in [1.165, 1.54) is 31.3 Å². The van der Waals surface area contributed by atoms with Crippen molar-refractivity contribution in [2.24, 2.45) is 0 Å². The number of anilines is 1. The Balaban J connectivity index is 2.17. The van der Waals surface area contributed by atoms with Gasteiger partial charge in [0.25, 0.3) is 0 Å². The molecule has 0 aliphatic rings. The number of nitrogens with two attached hydrogens (primary N) is 1. The fourth-order valence-corrected chi connectivity index (χ4v) is 3.88. The summed E-state index contributed by atoms with van der Waals surface area (Å²) in [6.45, 7) is 0. The largest absolute Gasteiger partial charge is 0.398 e. The third kappa shape index (κ3) is 1.62. The first-order valence-electron chi connectivity index (χ1n) is 6.60. The van der Waals surface area contributed by atoms with Crippen molar-refractivity contribution >= 4 is 37.2 Å². The smallest absolute Gasteiger partial charge is 0.0585 e. The molecule has 0 radical (unpaired) electrons. The van der Waals surface area contributed by atoms with Crippen LogP contribution in [0.2, 0.25) is 0 Å². The lowest BCUT2D eigenvalue weighted by Crippen LogP contribution is -1.83. The van der Waals surface area contributed by atoms with Crippen LogP contribution in [0, 0.1) is 0 Å².